The largest absolute Gasteiger partial charge is 0.318 e. The van der Waals surface area contributed by atoms with Gasteiger partial charge in [-0.1, -0.05) is 6.07 Å². The molecule has 0 unspecified atom stereocenters. The van der Waals surface area contributed by atoms with Gasteiger partial charge in [-0.2, -0.15) is 0 Å². The highest BCUT2D eigenvalue weighted by Crippen LogP contribution is 2.33. The van der Waals surface area contributed by atoms with Crippen molar-refractivity contribution in [2.45, 2.75) is 20.8 Å². The summed E-state index contributed by atoms with van der Waals surface area (Å²) in [4.78, 5) is 36.3. The van der Waals surface area contributed by atoms with Gasteiger partial charge in [0.2, 0.25) is 0 Å². The molecule has 1 saturated heterocycles. The quantitative estimate of drug-likeness (QED) is 0.460. The van der Waals surface area contributed by atoms with E-state index in [0.717, 1.165) is 28.7 Å². The lowest BCUT2D eigenvalue weighted by Crippen LogP contribution is -2.27. The van der Waals surface area contributed by atoms with Crippen molar-refractivity contribution in [2.75, 3.05) is 6.54 Å². The standard InChI is InChI=1S/C18H17N3O4S/c1-4-19-17(22)16(26-18(19)23)9-13-8-11(2)20(12(13)3)14-6-5-7-15(10-14)21(24)25/h5-10H,4H2,1-3H3. The van der Waals surface area contributed by atoms with Crippen LogP contribution >= 0.6 is 11.8 Å². The van der Waals surface area contributed by atoms with Gasteiger partial charge in [0.05, 0.1) is 15.5 Å². The number of nitro groups is 1. The molecule has 2 amide bonds. The summed E-state index contributed by atoms with van der Waals surface area (Å²) in [7, 11) is 0. The van der Waals surface area contributed by atoms with E-state index in [9.17, 15) is 19.7 Å². The van der Waals surface area contributed by atoms with Crippen LogP contribution in [-0.4, -0.2) is 32.1 Å². The molecule has 8 heteroatoms. The van der Waals surface area contributed by atoms with Crippen LogP contribution in [0.5, 0.6) is 0 Å². The fourth-order valence-corrected chi connectivity index (χ4v) is 3.88. The summed E-state index contributed by atoms with van der Waals surface area (Å²) in [5.41, 5.74) is 3.21. The van der Waals surface area contributed by atoms with Crippen LogP contribution in [0, 0.1) is 24.0 Å². The summed E-state index contributed by atoms with van der Waals surface area (Å²) in [6.07, 6.45) is 1.71. The Balaban J connectivity index is 2.03. The second-order valence-electron chi connectivity index (χ2n) is 5.86. The number of non-ortho nitro benzene ring substituents is 1. The fraction of sp³-hybridized carbons (Fsp3) is 0.222. The van der Waals surface area contributed by atoms with E-state index in [1.807, 2.05) is 24.5 Å². The van der Waals surface area contributed by atoms with E-state index in [4.69, 9.17) is 0 Å². The molecule has 26 heavy (non-hydrogen) atoms. The van der Waals surface area contributed by atoms with Gasteiger partial charge in [0.1, 0.15) is 0 Å². The summed E-state index contributed by atoms with van der Waals surface area (Å²) < 4.78 is 1.89. The summed E-state index contributed by atoms with van der Waals surface area (Å²) in [6, 6.07) is 8.28. The summed E-state index contributed by atoms with van der Waals surface area (Å²) in [6.45, 7) is 5.87. The average Bonchev–Trinajstić information content (AvgIpc) is 3.03. The summed E-state index contributed by atoms with van der Waals surface area (Å²) in [5, 5.41) is 10.8. The number of hydrogen-bond acceptors (Lipinski definition) is 5. The number of aromatic nitrogens is 1. The van der Waals surface area contributed by atoms with Gasteiger partial charge in [-0.05, 0) is 56.3 Å². The predicted octanol–water partition coefficient (Wildman–Crippen LogP) is 4.06. The second-order valence-corrected chi connectivity index (χ2v) is 6.86. The Kier molecular flexibility index (Phi) is 4.69. The number of hydrogen-bond donors (Lipinski definition) is 0. The lowest BCUT2D eigenvalue weighted by molar-refractivity contribution is -0.384. The van der Waals surface area contributed by atoms with Crippen molar-refractivity contribution in [2.24, 2.45) is 0 Å². The van der Waals surface area contributed by atoms with Crippen molar-refractivity contribution >= 4 is 34.7 Å². The first-order valence-corrected chi connectivity index (χ1v) is 8.84. The molecule has 0 atom stereocenters. The molecule has 1 aliphatic heterocycles. The van der Waals surface area contributed by atoms with Crippen LogP contribution in [0.2, 0.25) is 0 Å². The molecule has 0 spiro atoms. The Labute approximate surface area is 154 Å². The zero-order valence-corrected chi connectivity index (χ0v) is 15.4. The highest BCUT2D eigenvalue weighted by Gasteiger charge is 2.33. The lowest BCUT2D eigenvalue weighted by atomic mass is 10.2. The van der Waals surface area contributed by atoms with Gasteiger partial charge >= 0.3 is 0 Å². The minimum atomic E-state index is -0.431. The minimum absolute atomic E-state index is 0.0145. The molecule has 0 saturated carbocycles. The minimum Gasteiger partial charge on any atom is -0.318 e. The molecular formula is C18H17N3O4S. The molecule has 0 radical (unpaired) electrons. The van der Waals surface area contributed by atoms with Crippen LogP contribution in [0.3, 0.4) is 0 Å². The van der Waals surface area contributed by atoms with Gasteiger partial charge in [-0.15, -0.1) is 0 Å². The number of rotatable bonds is 4. The normalized spacial score (nSPS) is 16.0. The van der Waals surface area contributed by atoms with Crippen LogP contribution < -0.4 is 0 Å². The molecule has 134 valence electrons. The first-order valence-electron chi connectivity index (χ1n) is 8.02. The number of aryl methyl sites for hydroxylation is 1. The third-order valence-corrected chi connectivity index (χ3v) is 5.15. The zero-order valence-electron chi connectivity index (χ0n) is 14.6. The second kappa shape index (κ2) is 6.80. The molecule has 0 bridgehead atoms. The van der Waals surface area contributed by atoms with Gasteiger partial charge in [0, 0.05) is 30.1 Å². The monoisotopic (exact) mass is 371 g/mol. The first-order chi connectivity index (χ1) is 12.3. The number of carbonyl (C=O) groups excluding carboxylic acids is 2. The van der Waals surface area contributed by atoms with Crippen molar-refractivity contribution in [3.63, 3.8) is 0 Å². The Morgan fingerprint density at radius 3 is 2.58 bits per heavy atom. The predicted molar refractivity (Wildman–Crippen MR) is 100 cm³/mol. The molecule has 0 aliphatic carbocycles. The van der Waals surface area contributed by atoms with E-state index in [0.29, 0.717) is 17.1 Å². The molecule has 1 fully saturated rings. The van der Waals surface area contributed by atoms with Crippen molar-refractivity contribution in [3.05, 3.63) is 62.3 Å². The van der Waals surface area contributed by atoms with Gasteiger partial charge in [-0.25, -0.2) is 0 Å². The third kappa shape index (κ3) is 3.03. The van der Waals surface area contributed by atoms with Gasteiger partial charge in [-0.3, -0.25) is 24.6 Å². The maximum Gasteiger partial charge on any atom is 0.293 e. The van der Waals surface area contributed by atoms with Crippen LogP contribution in [0.25, 0.3) is 11.8 Å². The van der Waals surface area contributed by atoms with E-state index < -0.39 is 4.92 Å². The topological polar surface area (TPSA) is 85.4 Å². The number of thioether (sulfide) groups is 1. The molecule has 1 aliphatic rings. The average molecular weight is 371 g/mol. The molecule has 0 N–H and O–H groups in total. The lowest BCUT2D eigenvalue weighted by Gasteiger charge is -2.09. The first kappa shape index (κ1) is 17.9. The number of likely N-dealkylation sites (N-methyl/N-ethyl adjacent to an activating group) is 1. The van der Waals surface area contributed by atoms with Crippen molar-refractivity contribution in [1.29, 1.82) is 0 Å². The van der Waals surface area contributed by atoms with Gasteiger partial charge in [0.25, 0.3) is 16.8 Å². The van der Waals surface area contributed by atoms with Crippen molar-refractivity contribution in [1.82, 2.24) is 9.47 Å². The summed E-state index contributed by atoms with van der Waals surface area (Å²) >= 11 is 0.927. The zero-order chi connectivity index (χ0) is 19.0. The molecule has 1 aromatic carbocycles. The van der Waals surface area contributed by atoms with Gasteiger partial charge in [0.15, 0.2) is 0 Å². The smallest absolute Gasteiger partial charge is 0.293 e. The Hall–Kier alpha value is -2.87. The van der Waals surface area contributed by atoms with Crippen LogP contribution in [0.15, 0.2) is 35.2 Å². The SMILES string of the molecule is CCN1C(=O)SC(=Cc2cc(C)n(-c3cccc([N+](=O)[O-])c3)c2C)C1=O. The van der Waals surface area contributed by atoms with Crippen molar-refractivity contribution < 1.29 is 14.5 Å². The Morgan fingerprint density at radius 2 is 1.96 bits per heavy atom. The number of nitrogens with zero attached hydrogens (tertiary/aromatic N) is 3. The Bertz CT molecular complexity index is 961. The van der Waals surface area contributed by atoms with Crippen LogP contribution in [0.1, 0.15) is 23.9 Å². The highest BCUT2D eigenvalue weighted by atomic mass is 32.2. The molecule has 1 aromatic heterocycles. The van der Waals surface area contributed by atoms with Crippen molar-refractivity contribution in [3.8, 4) is 5.69 Å². The molecule has 2 aromatic rings. The Morgan fingerprint density at radius 1 is 1.23 bits per heavy atom. The molecular weight excluding hydrogens is 354 g/mol. The summed E-state index contributed by atoms with van der Waals surface area (Å²) in [5.74, 6) is -0.289. The molecule has 3 rings (SSSR count). The molecule has 2 heterocycles. The van der Waals surface area contributed by atoms with E-state index in [1.165, 1.54) is 17.0 Å². The highest BCUT2D eigenvalue weighted by molar-refractivity contribution is 8.18. The maximum atomic E-state index is 12.3. The van der Waals surface area contributed by atoms with E-state index in [2.05, 4.69) is 0 Å². The van der Waals surface area contributed by atoms with E-state index in [1.54, 1.807) is 25.1 Å². The van der Waals surface area contributed by atoms with E-state index in [-0.39, 0.29) is 16.8 Å². The van der Waals surface area contributed by atoms with Crippen LogP contribution in [0.4, 0.5) is 10.5 Å². The maximum absolute atomic E-state index is 12.3. The fourth-order valence-electron chi connectivity index (χ4n) is 2.99. The number of benzene rings is 1. The van der Waals surface area contributed by atoms with Crippen LogP contribution in [-0.2, 0) is 4.79 Å². The number of carbonyl (C=O) groups is 2. The number of amides is 2. The van der Waals surface area contributed by atoms with E-state index >= 15 is 0 Å². The number of imide groups is 1. The number of nitro benzene ring substituents is 1. The molecule has 7 nitrogen and oxygen atoms in total. The van der Waals surface area contributed by atoms with Gasteiger partial charge < -0.3 is 4.57 Å². The third-order valence-electron chi connectivity index (χ3n) is 4.25.